The number of hydrogen-bond donors (Lipinski definition) is 0. The van der Waals surface area contributed by atoms with Gasteiger partial charge in [0.2, 0.25) is 0 Å². The molecule has 2 aromatic heterocycles. The van der Waals surface area contributed by atoms with Crippen molar-refractivity contribution >= 4 is 53.9 Å². The normalized spacial score (nSPS) is 11.5. The van der Waals surface area contributed by atoms with Gasteiger partial charge in [-0.05, 0) is 100 Å². The lowest BCUT2D eigenvalue weighted by Gasteiger charge is -2.13. The van der Waals surface area contributed by atoms with Gasteiger partial charge in [0.15, 0.2) is 11.6 Å². The van der Waals surface area contributed by atoms with E-state index in [1.165, 1.54) is 53.9 Å². The van der Waals surface area contributed by atoms with Gasteiger partial charge >= 0.3 is 0 Å². The first kappa shape index (κ1) is 42.9. The quantitative estimate of drug-likeness (QED) is 0.142. The van der Waals surface area contributed by atoms with Crippen molar-refractivity contribution in [1.82, 2.24) is 19.9 Å². The van der Waals surface area contributed by atoms with Crippen LogP contribution in [0.1, 0.15) is 0 Å². The number of fused-ring (bicyclic) bond motifs is 7. The Morgan fingerprint density at radius 3 is 0.932 bits per heavy atom. The van der Waals surface area contributed by atoms with E-state index in [-0.39, 0.29) is 0 Å². The van der Waals surface area contributed by atoms with Crippen LogP contribution in [0.4, 0.5) is 0 Å². The molecule has 0 radical (unpaired) electrons. The summed E-state index contributed by atoms with van der Waals surface area (Å²) in [5.41, 5.74) is 14.2. The second kappa shape index (κ2) is 18.1. The Labute approximate surface area is 428 Å². The first-order chi connectivity index (χ1) is 36.6. The minimum atomic E-state index is 0.686. The number of benzene rings is 12. The van der Waals surface area contributed by atoms with Gasteiger partial charge < -0.3 is 0 Å². The SMILES string of the molecule is c1ccc(-c2cc(-c3ccc4c(ccc5ccccc54)c3)nc(-c3ccc(-c4cccc5c(-c6ccc(-c7nc(-c8ccccc8)cc(-c8ccc9c(ccc%10ccccc%109)c8)n7)cc6)cccc45)cc3)n2)cc1. The average Bonchev–Trinajstić information content (AvgIpc) is 3.49. The zero-order chi connectivity index (χ0) is 49.0. The van der Waals surface area contributed by atoms with E-state index in [4.69, 9.17) is 19.9 Å². The molecule has 0 aliphatic rings. The van der Waals surface area contributed by atoms with Gasteiger partial charge in [0.25, 0.3) is 0 Å². The van der Waals surface area contributed by atoms with E-state index in [0.29, 0.717) is 11.6 Å². The Morgan fingerprint density at radius 2 is 0.500 bits per heavy atom. The van der Waals surface area contributed by atoms with Crippen molar-refractivity contribution in [3.8, 4) is 90.1 Å². The fourth-order valence-electron chi connectivity index (χ4n) is 10.7. The lowest BCUT2D eigenvalue weighted by molar-refractivity contribution is 1.18. The van der Waals surface area contributed by atoms with E-state index >= 15 is 0 Å². The van der Waals surface area contributed by atoms with Crippen molar-refractivity contribution in [1.29, 1.82) is 0 Å². The maximum absolute atomic E-state index is 5.23. The number of hydrogen-bond acceptors (Lipinski definition) is 4. The van der Waals surface area contributed by atoms with Gasteiger partial charge in [-0.15, -0.1) is 0 Å². The molecule has 2 heterocycles. The van der Waals surface area contributed by atoms with E-state index in [2.05, 4.69) is 255 Å². The van der Waals surface area contributed by atoms with E-state index in [1.54, 1.807) is 0 Å². The smallest absolute Gasteiger partial charge is 0.160 e. The molecular weight excluding hydrogens is 897 g/mol. The second-order valence-corrected chi connectivity index (χ2v) is 19.0. The van der Waals surface area contributed by atoms with Crippen LogP contribution in [0.25, 0.3) is 144 Å². The molecule has 12 aromatic carbocycles. The summed E-state index contributed by atoms with van der Waals surface area (Å²) in [5, 5.41) is 12.2. The molecule has 4 heteroatoms. The van der Waals surface area contributed by atoms with Gasteiger partial charge in [-0.2, -0.15) is 0 Å². The average molecular weight is 941 g/mol. The van der Waals surface area contributed by atoms with Gasteiger partial charge in [-0.25, -0.2) is 19.9 Å². The predicted molar refractivity (Wildman–Crippen MR) is 309 cm³/mol. The molecule has 4 nitrogen and oxygen atoms in total. The number of nitrogens with zero attached hydrogens (tertiary/aromatic N) is 4. The molecule has 0 atom stereocenters. The first-order valence-electron chi connectivity index (χ1n) is 25.1. The Kier molecular flexibility index (Phi) is 10.5. The number of rotatable bonds is 8. The second-order valence-electron chi connectivity index (χ2n) is 19.0. The fourth-order valence-corrected chi connectivity index (χ4v) is 10.7. The zero-order valence-electron chi connectivity index (χ0n) is 40.2. The highest BCUT2D eigenvalue weighted by molar-refractivity contribution is 6.10. The topological polar surface area (TPSA) is 51.6 Å². The molecule has 0 bridgehead atoms. The lowest BCUT2D eigenvalue weighted by Crippen LogP contribution is -1.96. The fraction of sp³-hybridized carbons (Fsp3) is 0. The van der Waals surface area contributed by atoms with Crippen LogP contribution in [0, 0.1) is 0 Å². The molecule has 0 saturated heterocycles. The van der Waals surface area contributed by atoms with Crippen molar-refractivity contribution in [2.24, 2.45) is 0 Å². The number of aromatic nitrogens is 4. The lowest BCUT2D eigenvalue weighted by atomic mass is 9.92. The zero-order valence-corrected chi connectivity index (χ0v) is 40.2. The Balaban J connectivity index is 0.790. The van der Waals surface area contributed by atoms with Crippen LogP contribution >= 0.6 is 0 Å². The summed E-state index contributed by atoms with van der Waals surface area (Å²) in [4.78, 5) is 20.8. The molecule has 0 fully saturated rings. The first-order valence-corrected chi connectivity index (χ1v) is 25.1. The molecule has 0 aliphatic heterocycles. The highest BCUT2D eigenvalue weighted by Crippen LogP contribution is 2.38. The summed E-state index contributed by atoms with van der Waals surface area (Å²) < 4.78 is 0. The summed E-state index contributed by atoms with van der Waals surface area (Å²) in [5.74, 6) is 1.37. The largest absolute Gasteiger partial charge is 0.228 e. The van der Waals surface area contributed by atoms with Crippen molar-refractivity contribution in [2.75, 3.05) is 0 Å². The maximum atomic E-state index is 5.23. The van der Waals surface area contributed by atoms with E-state index < -0.39 is 0 Å². The summed E-state index contributed by atoms with van der Waals surface area (Å²) in [6.07, 6.45) is 0. The minimum Gasteiger partial charge on any atom is -0.228 e. The van der Waals surface area contributed by atoms with Crippen LogP contribution < -0.4 is 0 Å². The monoisotopic (exact) mass is 940 g/mol. The molecule has 14 rings (SSSR count). The van der Waals surface area contributed by atoms with Gasteiger partial charge in [0, 0.05) is 33.4 Å². The van der Waals surface area contributed by atoms with Crippen molar-refractivity contribution < 1.29 is 0 Å². The standard InChI is InChI=1S/C70H44N4/c1-3-15-49(16-4-1)65-43-67(55-37-39-61-53(41-55)35-29-45-13-7-9-19-57(45)61)73-69(71-65)51-31-25-47(26-32-51)59-21-11-24-64-60(22-12-23-63(59)64)48-27-33-52(34-28-48)70-72-66(50-17-5-2-6-18-50)44-68(74-70)56-38-40-62-54(42-56)36-30-46-14-8-10-20-58(46)62/h1-44H. The Bertz CT molecular complexity index is 4160. The predicted octanol–water partition coefficient (Wildman–Crippen LogP) is 18.4. The van der Waals surface area contributed by atoms with Crippen LogP contribution in [0.15, 0.2) is 267 Å². The molecule has 0 saturated carbocycles. The van der Waals surface area contributed by atoms with E-state index in [0.717, 1.165) is 78.4 Å². The van der Waals surface area contributed by atoms with Crippen LogP contribution in [0.5, 0.6) is 0 Å². The van der Waals surface area contributed by atoms with Gasteiger partial charge in [-0.1, -0.05) is 243 Å². The van der Waals surface area contributed by atoms with Gasteiger partial charge in [0.05, 0.1) is 22.8 Å². The summed E-state index contributed by atoms with van der Waals surface area (Å²) in [6.45, 7) is 0. The van der Waals surface area contributed by atoms with Crippen molar-refractivity contribution in [2.45, 2.75) is 0 Å². The van der Waals surface area contributed by atoms with Crippen LogP contribution in [0.3, 0.4) is 0 Å². The summed E-state index contributed by atoms with van der Waals surface area (Å²) in [7, 11) is 0. The third kappa shape index (κ3) is 7.83. The van der Waals surface area contributed by atoms with Crippen LogP contribution in [-0.2, 0) is 0 Å². The molecular formula is C70H44N4. The maximum Gasteiger partial charge on any atom is 0.160 e. The molecule has 0 unspecified atom stereocenters. The van der Waals surface area contributed by atoms with Gasteiger partial charge in [-0.3, -0.25) is 0 Å². The van der Waals surface area contributed by atoms with Crippen molar-refractivity contribution in [3.63, 3.8) is 0 Å². The molecule has 0 N–H and O–H groups in total. The van der Waals surface area contributed by atoms with E-state index in [1.807, 2.05) is 12.1 Å². The molecule has 0 amide bonds. The molecule has 0 aliphatic carbocycles. The van der Waals surface area contributed by atoms with Crippen molar-refractivity contribution in [3.05, 3.63) is 267 Å². The van der Waals surface area contributed by atoms with E-state index in [9.17, 15) is 0 Å². The third-order valence-corrected chi connectivity index (χ3v) is 14.5. The molecule has 0 spiro atoms. The Morgan fingerprint density at radius 1 is 0.176 bits per heavy atom. The summed E-state index contributed by atoms with van der Waals surface area (Å²) >= 11 is 0. The molecule has 74 heavy (non-hydrogen) atoms. The third-order valence-electron chi connectivity index (χ3n) is 14.5. The molecule has 344 valence electrons. The van der Waals surface area contributed by atoms with Gasteiger partial charge in [0.1, 0.15) is 0 Å². The highest BCUT2D eigenvalue weighted by Gasteiger charge is 2.16. The Hall–Kier alpha value is -9.90. The molecule has 14 aromatic rings. The van der Waals surface area contributed by atoms with Crippen LogP contribution in [0.2, 0.25) is 0 Å². The van der Waals surface area contributed by atoms with Crippen LogP contribution in [-0.4, -0.2) is 19.9 Å². The summed E-state index contributed by atoms with van der Waals surface area (Å²) in [6, 6.07) is 94.8. The highest BCUT2D eigenvalue weighted by atomic mass is 14.9. The minimum absolute atomic E-state index is 0.686.